The second-order valence-corrected chi connectivity index (χ2v) is 11.2. The average Bonchev–Trinajstić information content (AvgIpc) is 3.40. The number of hydrogen-bond donors (Lipinski definition) is 2. The topological polar surface area (TPSA) is 84.5 Å². The van der Waals surface area contributed by atoms with Crippen LogP contribution in [0.4, 0.5) is 5.69 Å². The van der Waals surface area contributed by atoms with Crippen molar-refractivity contribution in [3.63, 3.8) is 0 Å². The van der Waals surface area contributed by atoms with E-state index in [4.69, 9.17) is 4.74 Å². The molecule has 1 aromatic carbocycles. The maximum Gasteiger partial charge on any atom is 0.224 e. The molecule has 0 bridgehead atoms. The van der Waals surface area contributed by atoms with Crippen molar-refractivity contribution >= 4 is 21.6 Å². The van der Waals surface area contributed by atoms with E-state index in [0.717, 1.165) is 29.2 Å². The Morgan fingerprint density at radius 2 is 1.86 bits per heavy atom. The zero-order chi connectivity index (χ0) is 20.9. The van der Waals surface area contributed by atoms with Crippen LogP contribution in [0, 0.1) is 19.8 Å². The number of sulfonamides is 1. The zero-order valence-corrected chi connectivity index (χ0v) is 18.5. The Morgan fingerprint density at radius 3 is 2.46 bits per heavy atom. The van der Waals surface area contributed by atoms with E-state index in [9.17, 15) is 13.2 Å². The van der Waals surface area contributed by atoms with Crippen molar-refractivity contribution in [2.45, 2.75) is 71.5 Å². The smallest absolute Gasteiger partial charge is 0.224 e. The molecule has 0 unspecified atom stereocenters. The molecular weight excluding hydrogens is 376 g/mol. The Kier molecular flexibility index (Phi) is 7.51. The van der Waals surface area contributed by atoms with Gasteiger partial charge in [-0.2, -0.15) is 0 Å². The molecule has 1 aliphatic carbocycles. The molecule has 0 heterocycles. The number of unbranched alkanes of at least 4 members (excludes halogenated alkanes) is 1. The third-order valence-electron chi connectivity index (χ3n) is 4.97. The molecule has 6 nitrogen and oxygen atoms in total. The van der Waals surface area contributed by atoms with Gasteiger partial charge in [-0.15, -0.1) is 0 Å². The van der Waals surface area contributed by atoms with E-state index in [-0.39, 0.29) is 5.91 Å². The summed E-state index contributed by atoms with van der Waals surface area (Å²) >= 11 is 0. The first-order valence-corrected chi connectivity index (χ1v) is 11.5. The second kappa shape index (κ2) is 9.27. The predicted octanol–water partition coefficient (Wildman–Crippen LogP) is 3.92. The van der Waals surface area contributed by atoms with Gasteiger partial charge in [0, 0.05) is 24.2 Å². The number of carbonyl (C=O) groups excluding carboxylic acids is 1. The van der Waals surface area contributed by atoms with Crippen molar-refractivity contribution in [2.24, 2.45) is 5.92 Å². The van der Waals surface area contributed by atoms with Gasteiger partial charge in [0.2, 0.25) is 15.9 Å². The maximum atomic E-state index is 12.3. The van der Waals surface area contributed by atoms with Crippen molar-refractivity contribution in [3.8, 4) is 5.75 Å². The van der Waals surface area contributed by atoms with Crippen LogP contribution in [0.25, 0.3) is 0 Å². The molecule has 2 rings (SSSR count). The van der Waals surface area contributed by atoms with Crippen LogP contribution in [-0.2, 0) is 14.8 Å². The van der Waals surface area contributed by atoms with Crippen LogP contribution in [0.2, 0.25) is 0 Å². The van der Waals surface area contributed by atoms with Gasteiger partial charge in [-0.3, -0.25) is 4.79 Å². The summed E-state index contributed by atoms with van der Waals surface area (Å²) in [5.41, 5.74) is 2.80. The highest BCUT2D eigenvalue weighted by molar-refractivity contribution is 7.90. The summed E-state index contributed by atoms with van der Waals surface area (Å²) in [5, 5.41) is 2.95. The summed E-state index contributed by atoms with van der Waals surface area (Å²) in [6, 6.07) is 3.87. The Morgan fingerprint density at radius 1 is 1.18 bits per heavy atom. The van der Waals surface area contributed by atoms with Crippen molar-refractivity contribution in [1.29, 1.82) is 0 Å². The van der Waals surface area contributed by atoms with Gasteiger partial charge in [-0.05, 0) is 77.8 Å². The number of rotatable bonds is 10. The number of hydrogen-bond acceptors (Lipinski definition) is 4. The highest BCUT2D eigenvalue weighted by atomic mass is 32.2. The van der Waals surface area contributed by atoms with Gasteiger partial charge in [0.15, 0.2) is 0 Å². The van der Waals surface area contributed by atoms with Crippen LogP contribution in [0.1, 0.15) is 64.0 Å². The summed E-state index contributed by atoms with van der Waals surface area (Å²) in [4.78, 5) is 12.3. The van der Waals surface area contributed by atoms with Gasteiger partial charge in [-0.25, -0.2) is 13.1 Å². The third-order valence-corrected chi connectivity index (χ3v) is 7.16. The monoisotopic (exact) mass is 410 g/mol. The number of benzene rings is 1. The number of anilines is 1. The van der Waals surface area contributed by atoms with E-state index in [0.29, 0.717) is 31.7 Å². The minimum atomic E-state index is -3.33. The summed E-state index contributed by atoms with van der Waals surface area (Å²) in [7, 11) is -3.33. The minimum Gasteiger partial charge on any atom is -0.493 e. The summed E-state index contributed by atoms with van der Waals surface area (Å²) in [5.74, 6) is 1.47. The van der Waals surface area contributed by atoms with Gasteiger partial charge in [0.1, 0.15) is 5.75 Å². The fraction of sp³-hybridized carbons (Fsp3) is 0.667. The van der Waals surface area contributed by atoms with E-state index in [1.165, 1.54) is 12.8 Å². The summed E-state index contributed by atoms with van der Waals surface area (Å²) in [6.45, 7) is 10.0. The molecule has 0 saturated heterocycles. The minimum absolute atomic E-state index is 0.0706. The molecule has 1 aromatic rings. The van der Waals surface area contributed by atoms with Gasteiger partial charge >= 0.3 is 0 Å². The predicted molar refractivity (Wildman–Crippen MR) is 113 cm³/mol. The molecule has 0 atom stereocenters. The van der Waals surface area contributed by atoms with Crippen molar-refractivity contribution in [2.75, 3.05) is 18.5 Å². The number of ether oxygens (including phenoxy) is 1. The van der Waals surface area contributed by atoms with Crippen molar-refractivity contribution in [3.05, 3.63) is 23.3 Å². The molecular formula is C21H34N2O4S. The molecule has 28 heavy (non-hydrogen) atoms. The van der Waals surface area contributed by atoms with Gasteiger partial charge in [-0.1, -0.05) is 6.07 Å². The largest absolute Gasteiger partial charge is 0.493 e. The number of nitrogens with one attached hydrogen (secondary N) is 2. The van der Waals surface area contributed by atoms with Gasteiger partial charge < -0.3 is 10.1 Å². The first-order chi connectivity index (χ1) is 13.0. The lowest BCUT2D eigenvalue weighted by Gasteiger charge is -2.19. The Balaban J connectivity index is 1.79. The first kappa shape index (κ1) is 22.7. The van der Waals surface area contributed by atoms with E-state index in [2.05, 4.69) is 10.0 Å². The molecule has 1 amide bonds. The van der Waals surface area contributed by atoms with Gasteiger partial charge in [0.05, 0.1) is 11.4 Å². The van der Waals surface area contributed by atoms with Crippen LogP contribution in [-0.4, -0.2) is 32.2 Å². The lowest BCUT2D eigenvalue weighted by atomic mass is 10.1. The quantitative estimate of drug-likeness (QED) is 0.573. The third kappa shape index (κ3) is 6.48. The Hall–Kier alpha value is -1.60. The Bertz CT molecular complexity index is 793. The van der Waals surface area contributed by atoms with Crippen molar-refractivity contribution < 1.29 is 17.9 Å². The molecule has 1 fully saturated rings. The highest BCUT2D eigenvalue weighted by Crippen LogP contribution is 2.34. The van der Waals surface area contributed by atoms with E-state index in [1.807, 2.05) is 26.0 Å². The van der Waals surface area contributed by atoms with Crippen LogP contribution < -0.4 is 14.8 Å². The lowest BCUT2D eigenvalue weighted by Crippen LogP contribution is -2.39. The van der Waals surface area contributed by atoms with Crippen LogP contribution in [0.3, 0.4) is 0 Å². The van der Waals surface area contributed by atoms with Crippen LogP contribution >= 0.6 is 0 Å². The number of amides is 1. The van der Waals surface area contributed by atoms with Crippen molar-refractivity contribution in [1.82, 2.24) is 4.72 Å². The molecule has 1 aliphatic rings. The number of aryl methyl sites for hydroxylation is 1. The highest BCUT2D eigenvalue weighted by Gasteiger charge is 2.28. The standard InChI is InChI=1S/C21H34N2O4S/c1-15-9-12-18(16(2)20(15)27-14-17-10-11-17)23-19(24)8-6-7-13-22-28(25,26)21(3,4)5/h9,12,17,22H,6-8,10-11,13-14H2,1-5H3,(H,23,24). The summed E-state index contributed by atoms with van der Waals surface area (Å²) < 4.78 is 31.7. The normalized spacial score (nSPS) is 14.8. The number of carbonyl (C=O) groups is 1. The zero-order valence-electron chi connectivity index (χ0n) is 17.7. The van der Waals surface area contributed by atoms with Gasteiger partial charge in [0.25, 0.3) is 0 Å². The Labute approximate surface area is 169 Å². The van der Waals surface area contributed by atoms with Crippen LogP contribution in [0.5, 0.6) is 5.75 Å². The molecule has 7 heteroatoms. The SMILES string of the molecule is Cc1ccc(NC(=O)CCCCNS(=O)(=O)C(C)(C)C)c(C)c1OCC1CC1. The molecule has 2 N–H and O–H groups in total. The van der Waals surface area contributed by atoms with Crippen LogP contribution in [0.15, 0.2) is 12.1 Å². The first-order valence-electron chi connectivity index (χ1n) is 10.0. The van der Waals surface area contributed by atoms with E-state index in [1.54, 1.807) is 20.8 Å². The molecule has 0 aromatic heterocycles. The summed E-state index contributed by atoms with van der Waals surface area (Å²) in [6.07, 6.45) is 4.06. The van der Waals surface area contributed by atoms with E-state index < -0.39 is 14.8 Å². The molecule has 0 radical (unpaired) electrons. The lowest BCUT2D eigenvalue weighted by molar-refractivity contribution is -0.116. The average molecular weight is 411 g/mol. The maximum absolute atomic E-state index is 12.3. The van der Waals surface area contributed by atoms with E-state index >= 15 is 0 Å². The molecule has 0 aliphatic heterocycles. The molecule has 0 spiro atoms. The fourth-order valence-corrected chi connectivity index (χ4v) is 3.56. The molecule has 158 valence electrons. The fourth-order valence-electron chi connectivity index (χ4n) is 2.72. The molecule has 1 saturated carbocycles. The second-order valence-electron chi connectivity index (χ2n) is 8.65.